The Bertz CT molecular complexity index is 854. The molecule has 0 unspecified atom stereocenters. The van der Waals surface area contributed by atoms with Crippen molar-refractivity contribution >= 4 is 16.9 Å². The molecule has 0 aliphatic rings. The van der Waals surface area contributed by atoms with Crippen molar-refractivity contribution in [3.63, 3.8) is 0 Å². The van der Waals surface area contributed by atoms with Gasteiger partial charge < -0.3 is 10.2 Å². The largest absolute Gasteiger partial charge is 0.454 e. The molecule has 0 aliphatic carbocycles. The van der Waals surface area contributed by atoms with Crippen LogP contribution in [0, 0.1) is 0 Å². The highest BCUT2D eigenvalue weighted by molar-refractivity contribution is 5.96. The zero-order chi connectivity index (χ0) is 14.1. The summed E-state index contributed by atoms with van der Waals surface area (Å²) in [5.41, 5.74) is 6.19. The van der Waals surface area contributed by atoms with Gasteiger partial charge in [0.15, 0.2) is 11.2 Å². The summed E-state index contributed by atoms with van der Waals surface area (Å²) in [6.07, 6.45) is 1.62. The minimum atomic E-state index is -0.583. The Morgan fingerprint density at radius 2 is 2.00 bits per heavy atom. The third kappa shape index (κ3) is 2.05. The first-order valence-corrected chi connectivity index (χ1v) is 5.94. The highest BCUT2D eigenvalue weighted by Crippen LogP contribution is 2.20. The highest BCUT2D eigenvalue weighted by atomic mass is 16.3. The van der Waals surface area contributed by atoms with Crippen LogP contribution in [-0.2, 0) is 0 Å². The van der Waals surface area contributed by atoms with Gasteiger partial charge in [-0.3, -0.25) is 14.6 Å². The van der Waals surface area contributed by atoms with Crippen molar-refractivity contribution in [1.82, 2.24) is 4.98 Å². The molecule has 2 aromatic heterocycles. The number of carbonyl (C=O) groups excluding carboxylic acids is 1. The lowest BCUT2D eigenvalue weighted by atomic mass is 10.1. The number of primary amides is 1. The number of pyridine rings is 1. The van der Waals surface area contributed by atoms with Gasteiger partial charge in [-0.15, -0.1) is 0 Å². The summed E-state index contributed by atoms with van der Waals surface area (Å²) in [5, 5.41) is 0.320. The highest BCUT2D eigenvalue weighted by Gasteiger charge is 2.09. The predicted molar refractivity (Wildman–Crippen MR) is 74.2 cm³/mol. The molecule has 0 radical (unpaired) electrons. The van der Waals surface area contributed by atoms with Crippen LogP contribution in [0.2, 0.25) is 0 Å². The SMILES string of the molecule is NC(=O)c1ccc2oc(-c3ccccn3)cc(=O)c2c1. The molecule has 20 heavy (non-hydrogen) atoms. The van der Waals surface area contributed by atoms with Gasteiger partial charge in [0.25, 0.3) is 0 Å². The minimum Gasteiger partial charge on any atom is -0.454 e. The van der Waals surface area contributed by atoms with Crippen LogP contribution in [-0.4, -0.2) is 10.9 Å². The van der Waals surface area contributed by atoms with Crippen LogP contribution in [0.3, 0.4) is 0 Å². The number of aromatic nitrogens is 1. The molecule has 3 rings (SSSR count). The Kier molecular flexibility index (Phi) is 2.80. The summed E-state index contributed by atoms with van der Waals surface area (Å²) in [6, 6.07) is 11.2. The summed E-state index contributed by atoms with van der Waals surface area (Å²) in [4.78, 5) is 27.4. The number of carbonyl (C=O) groups is 1. The second kappa shape index (κ2) is 4.62. The third-order valence-electron chi connectivity index (χ3n) is 2.93. The Balaban J connectivity index is 2.24. The van der Waals surface area contributed by atoms with Crippen LogP contribution in [0.25, 0.3) is 22.4 Å². The lowest BCUT2D eigenvalue weighted by Crippen LogP contribution is -2.11. The van der Waals surface area contributed by atoms with E-state index >= 15 is 0 Å². The first-order chi connectivity index (χ1) is 9.65. The molecule has 2 N–H and O–H groups in total. The maximum atomic E-state index is 12.1. The molecule has 5 heteroatoms. The quantitative estimate of drug-likeness (QED) is 0.768. The van der Waals surface area contributed by atoms with Crippen LogP contribution in [0.5, 0.6) is 0 Å². The van der Waals surface area contributed by atoms with Crippen molar-refractivity contribution < 1.29 is 9.21 Å². The number of nitrogens with two attached hydrogens (primary N) is 1. The lowest BCUT2D eigenvalue weighted by Gasteiger charge is -2.03. The number of fused-ring (bicyclic) bond motifs is 1. The molecule has 0 spiro atoms. The molecule has 0 saturated carbocycles. The Hall–Kier alpha value is -2.95. The number of benzene rings is 1. The second-order valence-electron chi connectivity index (χ2n) is 4.27. The molecule has 1 aromatic carbocycles. The van der Waals surface area contributed by atoms with Gasteiger partial charge in [-0.2, -0.15) is 0 Å². The molecule has 0 atom stereocenters. The molecule has 3 aromatic rings. The number of amides is 1. The number of hydrogen-bond donors (Lipinski definition) is 1. The van der Waals surface area contributed by atoms with Crippen molar-refractivity contribution in [3.8, 4) is 11.5 Å². The maximum absolute atomic E-state index is 12.1. The van der Waals surface area contributed by atoms with Crippen molar-refractivity contribution in [2.45, 2.75) is 0 Å². The van der Waals surface area contributed by atoms with Crippen molar-refractivity contribution in [1.29, 1.82) is 0 Å². The number of nitrogens with zero attached hydrogens (tertiary/aromatic N) is 1. The summed E-state index contributed by atoms with van der Waals surface area (Å²) in [6.45, 7) is 0. The molecule has 0 saturated heterocycles. The standard InChI is InChI=1S/C15H10N2O3/c16-15(19)9-4-5-13-10(7-9)12(18)8-14(20-13)11-3-1-2-6-17-11/h1-8H,(H2,16,19). The molecule has 5 nitrogen and oxygen atoms in total. The molecular weight excluding hydrogens is 256 g/mol. The lowest BCUT2D eigenvalue weighted by molar-refractivity contribution is 0.100. The summed E-state index contributed by atoms with van der Waals surface area (Å²) in [7, 11) is 0. The van der Waals surface area contributed by atoms with E-state index in [1.165, 1.54) is 18.2 Å². The number of rotatable bonds is 2. The van der Waals surface area contributed by atoms with Gasteiger partial charge in [0, 0.05) is 17.8 Å². The Morgan fingerprint density at radius 3 is 2.70 bits per heavy atom. The molecule has 1 amide bonds. The fraction of sp³-hybridized carbons (Fsp3) is 0. The van der Waals surface area contributed by atoms with Gasteiger partial charge in [-0.25, -0.2) is 0 Å². The van der Waals surface area contributed by atoms with E-state index in [1.54, 1.807) is 24.4 Å². The van der Waals surface area contributed by atoms with Gasteiger partial charge in [0.1, 0.15) is 11.3 Å². The van der Waals surface area contributed by atoms with Gasteiger partial charge >= 0.3 is 0 Å². The Morgan fingerprint density at radius 1 is 1.15 bits per heavy atom. The topological polar surface area (TPSA) is 86.2 Å². The van der Waals surface area contributed by atoms with Gasteiger partial charge in [0.05, 0.1) is 5.39 Å². The zero-order valence-electron chi connectivity index (χ0n) is 10.4. The average molecular weight is 266 g/mol. The summed E-state index contributed by atoms with van der Waals surface area (Å²) in [5.74, 6) is -0.199. The molecular formula is C15H10N2O3. The van der Waals surface area contributed by atoms with Crippen molar-refractivity contribution in [2.24, 2.45) is 5.73 Å². The average Bonchev–Trinajstić information content (AvgIpc) is 2.47. The molecule has 2 heterocycles. The van der Waals surface area contributed by atoms with Crippen molar-refractivity contribution in [2.75, 3.05) is 0 Å². The van der Waals surface area contributed by atoms with Gasteiger partial charge in [-0.1, -0.05) is 6.07 Å². The van der Waals surface area contributed by atoms with Crippen LogP contribution in [0.1, 0.15) is 10.4 Å². The summed E-state index contributed by atoms with van der Waals surface area (Å²) >= 11 is 0. The molecule has 0 bridgehead atoms. The monoisotopic (exact) mass is 266 g/mol. The van der Waals surface area contributed by atoms with Crippen molar-refractivity contribution in [3.05, 3.63) is 64.4 Å². The first-order valence-electron chi connectivity index (χ1n) is 5.94. The normalized spacial score (nSPS) is 10.6. The fourth-order valence-electron chi connectivity index (χ4n) is 1.94. The number of hydrogen-bond acceptors (Lipinski definition) is 4. The van der Waals surface area contributed by atoms with Crippen LogP contribution in [0.15, 0.2) is 57.9 Å². The zero-order valence-corrected chi connectivity index (χ0v) is 10.4. The van der Waals surface area contributed by atoms with E-state index in [2.05, 4.69) is 4.98 Å². The van der Waals surface area contributed by atoms with E-state index < -0.39 is 5.91 Å². The van der Waals surface area contributed by atoms with Gasteiger partial charge in [0.2, 0.25) is 5.91 Å². The molecule has 0 aliphatic heterocycles. The maximum Gasteiger partial charge on any atom is 0.248 e. The predicted octanol–water partition coefficient (Wildman–Crippen LogP) is 1.95. The van der Waals surface area contributed by atoms with E-state index in [1.807, 2.05) is 6.07 Å². The first kappa shape index (κ1) is 12.1. The Labute approximate surface area is 113 Å². The smallest absolute Gasteiger partial charge is 0.248 e. The second-order valence-corrected chi connectivity index (χ2v) is 4.27. The fourth-order valence-corrected chi connectivity index (χ4v) is 1.94. The minimum absolute atomic E-state index is 0.241. The van der Waals surface area contributed by atoms with Crippen LogP contribution < -0.4 is 11.2 Å². The van der Waals surface area contributed by atoms with Crippen LogP contribution >= 0.6 is 0 Å². The van der Waals surface area contributed by atoms with E-state index in [4.69, 9.17) is 10.2 Å². The van der Waals surface area contributed by atoms with E-state index in [0.29, 0.717) is 22.4 Å². The summed E-state index contributed by atoms with van der Waals surface area (Å²) < 4.78 is 5.65. The third-order valence-corrected chi connectivity index (χ3v) is 2.93. The molecule has 0 fully saturated rings. The van der Waals surface area contributed by atoms with E-state index in [-0.39, 0.29) is 11.0 Å². The van der Waals surface area contributed by atoms with E-state index in [0.717, 1.165) is 0 Å². The molecule has 98 valence electrons. The van der Waals surface area contributed by atoms with Crippen LogP contribution in [0.4, 0.5) is 0 Å². The van der Waals surface area contributed by atoms with E-state index in [9.17, 15) is 9.59 Å². The van der Waals surface area contributed by atoms with Gasteiger partial charge in [-0.05, 0) is 30.3 Å².